The average molecular weight is 289 g/mol. The lowest BCUT2D eigenvalue weighted by Crippen LogP contribution is -1.90. The van der Waals surface area contributed by atoms with Crippen molar-refractivity contribution in [2.24, 2.45) is 0 Å². The molecular weight excluding hydrogens is 280 g/mol. The number of imidazole rings is 1. The van der Waals surface area contributed by atoms with Crippen LogP contribution in [0, 0.1) is 0 Å². The Hall–Kier alpha value is -1.88. The number of aromatic nitrogens is 3. The van der Waals surface area contributed by atoms with Crippen LogP contribution in [-0.4, -0.2) is 15.0 Å². The van der Waals surface area contributed by atoms with Crippen molar-refractivity contribution in [3.8, 4) is 11.4 Å². The first-order chi connectivity index (χ1) is 8.22. The van der Waals surface area contributed by atoms with Gasteiger partial charge in [-0.3, -0.25) is 0 Å². The highest BCUT2D eigenvalue weighted by atomic mass is 79.9. The molecule has 0 aliphatic carbocycles. The maximum atomic E-state index is 5.65. The van der Waals surface area contributed by atoms with Crippen molar-refractivity contribution in [1.82, 2.24) is 15.0 Å². The second-order valence-corrected chi connectivity index (χ2v) is 4.63. The van der Waals surface area contributed by atoms with Crippen molar-refractivity contribution in [2.75, 3.05) is 5.73 Å². The molecule has 84 valence electrons. The van der Waals surface area contributed by atoms with Gasteiger partial charge in [-0.25, -0.2) is 9.97 Å². The van der Waals surface area contributed by atoms with Crippen LogP contribution in [0.15, 0.2) is 41.0 Å². The fraction of sp³-hybridized carbons (Fsp3) is 0. The van der Waals surface area contributed by atoms with E-state index in [4.69, 9.17) is 5.73 Å². The van der Waals surface area contributed by atoms with E-state index in [1.54, 1.807) is 12.3 Å². The number of aromatic amines is 1. The molecule has 0 amide bonds. The first-order valence-corrected chi connectivity index (χ1v) is 5.89. The topological polar surface area (TPSA) is 67.6 Å². The van der Waals surface area contributed by atoms with Crippen LogP contribution < -0.4 is 5.73 Å². The Balaban J connectivity index is 2.18. The Bertz CT molecular complexity index is 690. The normalized spacial score (nSPS) is 10.9. The third-order valence-corrected chi connectivity index (χ3v) is 2.99. The monoisotopic (exact) mass is 288 g/mol. The molecule has 2 heterocycles. The fourth-order valence-corrected chi connectivity index (χ4v) is 2.08. The zero-order chi connectivity index (χ0) is 11.8. The van der Waals surface area contributed by atoms with Crippen molar-refractivity contribution in [1.29, 1.82) is 0 Å². The van der Waals surface area contributed by atoms with Gasteiger partial charge in [-0.05, 0) is 30.3 Å². The number of halogens is 1. The van der Waals surface area contributed by atoms with Crippen LogP contribution >= 0.6 is 15.9 Å². The summed E-state index contributed by atoms with van der Waals surface area (Å²) in [5.41, 5.74) is 8.51. The maximum Gasteiger partial charge on any atom is 0.138 e. The molecule has 0 aliphatic heterocycles. The first kappa shape index (κ1) is 10.3. The van der Waals surface area contributed by atoms with Gasteiger partial charge < -0.3 is 10.7 Å². The van der Waals surface area contributed by atoms with Gasteiger partial charge in [-0.15, -0.1) is 0 Å². The number of hydrogen-bond donors (Lipinski definition) is 2. The Morgan fingerprint density at radius 3 is 2.88 bits per heavy atom. The number of hydrogen-bond acceptors (Lipinski definition) is 3. The van der Waals surface area contributed by atoms with Gasteiger partial charge in [0.25, 0.3) is 0 Å². The highest BCUT2D eigenvalue weighted by molar-refractivity contribution is 9.10. The van der Waals surface area contributed by atoms with Crippen molar-refractivity contribution < 1.29 is 0 Å². The molecule has 0 unspecified atom stereocenters. The Morgan fingerprint density at radius 1 is 1.18 bits per heavy atom. The summed E-state index contributed by atoms with van der Waals surface area (Å²) in [7, 11) is 0. The molecular formula is C12H9BrN4. The van der Waals surface area contributed by atoms with E-state index in [0.717, 1.165) is 26.9 Å². The van der Waals surface area contributed by atoms with Gasteiger partial charge >= 0.3 is 0 Å². The maximum absolute atomic E-state index is 5.65. The Labute approximate surface area is 106 Å². The molecule has 0 radical (unpaired) electrons. The van der Waals surface area contributed by atoms with Gasteiger partial charge in [0.2, 0.25) is 0 Å². The Morgan fingerprint density at radius 2 is 2.06 bits per heavy atom. The number of nitrogen functional groups attached to an aromatic ring is 1. The minimum Gasteiger partial charge on any atom is -0.384 e. The van der Waals surface area contributed by atoms with Gasteiger partial charge in [0.1, 0.15) is 11.6 Å². The molecule has 17 heavy (non-hydrogen) atoms. The molecule has 3 N–H and O–H groups in total. The molecule has 0 bridgehead atoms. The number of pyridine rings is 1. The van der Waals surface area contributed by atoms with Crippen LogP contribution in [0.2, 0.25) is 0 Å². The summed E-state index contributed by atoms with van der Waals surface area (Å²) >= 11 is 3.43. The summed E-state index contributed by atoms with van der Waals surface area (Å²) in [4.78, 5) is 11.7. The van der Waals surface area contributed by atoms with Crippen LogP contribution in [0.4, 0.5) is 5.82 Å². The summed E-state index contributed by atoms with van der Waals surface area (Å²) in [5.74, 6) is 1.29. The fourth-order valence-electron chi connectivity index (χ4n) is 1.71. The predicted molar refractivity (Wildman–Crippen MR) is 71.4 cm³/mol. The summed E-state index contributed by atoms with van der Waals surface area (Å²) in [6, 6.07) is 9.60. The van der Waals surface area contributed by atoms with Gasteiger partial charge in [-0.1, -0.05) is 15.9 Å². The average Bonchev–Trinajstić information content (AvgIpc) is 2.72. The standard InChI is InChI=1S/C12H9BrN4/c13-8-1-2-9-10(6-8)17-12(16-9)7-3-4-15-11(14)5-7/h1-6H,(H2,14,15)(H,16,17). The highest BCUT2D eigenvalue weighted by Crippen LogP contribution is 2.23. The first-order valence-electron chi connectivity index (χ1n) is 5.09. The molecule has 5 heteroatoms. The van der Waals surface area contributed by atoms with E-state index >= 15 is 0 Å². The van der Waals surface area contributed by atoms with E-state index < -0.39 is 0 Å². The number of rotatable bonds is 1. The molecule has 1 aromatic carbocycles. The van der Waals surface area contributed by atoms with E-state index in [1.165, 1.54) is 0 Å². The number of nitrogens with two attached hydrogens (primary N) is 1. The predicted octanol–water partition coefficient (Wildman–Crippen LogP) is 2.97. The molecule has 0 saturated heterocycles. The molecule has 0 atom stereocenters. The van der Waals surface area contributed by atoms with Crippen molar-refractivity contribution >= 4 is 32.8 Å². The van der Waals surface area contributed by atoms with Crippen LogP contribution in [0.3, 0.4) is 0 Å². The molecule has 3 aromatic rings. The van der Waals surface area contributed by atoms with Crippen LogP contribution in [0.25, 0.3) is 22.4 Å². The molecule has 0 saturated carbocycles. The van der Waals surface area contributed by atoms with Crippen molar-refractivity contribution in [3.63, 3.8) is 0 Å². The molecule has 0 fully saturated rings. The molecule has 4 nitrogen and oxygen atoms in total. The summed E-state index contributed by atoms with van der Waals surface area (Å²) in [6.45, 7) is 0. The summed E-state index contributed by atoms with van der Waals surface area (Å²) < 4.78 is 1.02. The van der Waals surface area contributed by atoms with Gasteiger partial charge in [0.15, 0.2) is 0 Å². The number of fused-ring (bicyclic) bond motifs is 1. The van der Waals surface area contributed by atoms with E-state index in [9.17, 15) is 0 Å². The number of H-pyrrole nitrogens is 1. The van der Waals surface area contributed by atoms with Crippen LogP contribution in [0.1, 0.15) is 0 Å². The molecule has 0 aliphatic rings. The number of nitrogens with one attached hydrogen (secondary N) is 1. The second kappa shape index (κ2) is 3.85. The van der Waals surface area contributed by atoms with Gasteiger partial charge in [-0.2, -0.15) is 0 Å². The van der Waals surface area contributed by atoms with Gasteiger partial charge in [0, 0.05) is 16.2 Å². The summed E-state index contributed by atoms with van der Waals surface area (Å²) in [6.07, 6.45) is 1.67. The van der Waals surface area contributed by atoms with E-state index in [0.29, 0.717) is 5.82 Å². The third-order valence-electron chi connectivity index (χ3n) is 2.50. The van der Waals surface area contributed by atoms with Crippen molar-refractivity contribution in [2.45, 2.75) is 0 Å². The highest BCUT2D eigenvalue weighted by Gasteiger charge is 2.05. The number of nitrogens with zero attached hydrogens (tertiary/aromatic N) is 2. The van der Waals surface area contributed by atoms with Gasteiger partial charge in [0.05, 0.1) is 11.0 Å². The minimum atomic E-state index is 0.490. The number of benzene rings is 1. The number of anilines is 1. The lowest BCUT2D eigenvalue weighted by molar-refractivity contribution is 1.29. The zero-order valence-electron chi connectivity index (χ0n) is 8.81. The lowest BCUT2D eigenvalue weighted by Gasteiger charge is -1.96. The smallest absolute Gasteiger partial charge is 0.138 e. The van der Waals surface area contributed by atoms with Crippen LogP contribution in [0.5, 0.6) is 0 Å². The quantitative estimate of drug-likeness (QED) is 0.723. The summed E-state index contributed by atoms with van der Waals surface area (Å²) in [5, 5.41) is 0. The second-order valence-electron chi connectivity index (χ2n) is 3.72. The molecule has 0 spiro atoms. The molecule has 3 rings (SSSR count). The van der Waals surface area contributed by atoms with Crippen molar-refractivity contribution in [3.05, 3.63) is 41.0 Å². The zero-order valence-corrected chi connectivity index (χ0v) is 10.4. The third kappa shape index (κ3) is 1.89. The minimum absolute atomic E-state index is 0.490. The lowest BCUT2D eigenvalue weighted by atomic mass is 10.2. The van der Waals surface area contributed by atoms with Crippen LogP contribution in [-0.2, 0) is 0 Å². The largest absolute Gasteiger partial charge is 0.384 e. The van der Waals surface area contributed by atoms with E-state index in [2.05, 4.69) is 30.9 Å². The molecule has 2 aromatic heterocycles. The van der Waals surface area contributed by atoms with E-state index in [-0.39, 0.29) is 0 Å². The Kier molecular flexibility index (Phi) is 2.33. The SMILES string of the molecule is Nc1cc(-c2nc3ccc(Br)cc3[nH]2)ccn1. The van der Waals surface area contributed by atoms with E-state index in [1.807, 2.05) is 24.3 Å².